The summed E-state index contributed by atoms with van der Waals surface area (Å²) in [4.78, 5) is 0. The van der Waals surface area contributed by atoms with Gasteiger partial charge < -0.3 is 8.92 Å². The molecule has 0 amide bonds. The summed E-state index contributed by atoms with van der Waals surface area (Å²) >= 11 is 0. The molecule has 1 heterocycles. The van der Waals surface area contributed by atoms with Crippen molar-refractivity contribution >= 4 is 10.3 Å². The molecule has 2 aromatic carbocycles. The predicted octanol–water partition coefficient (Wildman–Crippen LogP) is 3.12. The Balaban J connectivity index is 2.19. The Morgan fingerprint density at radius 3 is 2.54 bits per heavy atom. The Morgan fingerprint density at radius 1 is 1.12 bits per heavy atom. The minimum Gasteiger partial charge on any atom is -0.405 e. The molecule has 0 bridgehead atoms. The van der Waals surface area contributed by atoms with Crippen molar-refractivity contribution in [3.05, 3.63) is 47.8 Å². The van der Waals surface area contributed by atoms with Gasteiger partial charge in [0.05, 0.1) is 0 Å². The maximum absolute atomic E-state index is 13.8. The third-order valence-corrected chi connectivity index (χ3v) is 4.05. The number of hydrogen-bond donors (Lipinski definition) is 1. The lowest BCUT2D eigenvalue weighted by atomic mass is 10.00. The van der Waals surface area contributed by atoms with Crippen LogP contribution in [0.5, 0.6) is 11.5 Å². The highest BCUT2D eigenvalue weighted by Gasteiger charge is 2.33. The summed E-state index contributed by atoms with van der Waals surface area (Å²) in [5, 5.41) is 0. The van der Waals surface area contributed by atoms with Gasteiger partial charge in [0.25, 0.3) is 0 Å². The van der Waals surface area contributed by atoms with Crippen LogP contribution in [0.1, 0.15) is 5.56 Å². The SMILES string of the molecule is O=S1(=O)NCc2cc(F)cc(-c3ccccc3OC(F)(F)F)c2O1. The van der Waals surface area contributed by atoms with E-state index in [9.17, 15) is 26.0 Å². The Hall–Kier alpha value is -2.33. The summed E-state index contributed by atoms with van der Waals surface area (Å²) in [5.74, 6) is -1.60. The first kappa shape index (κ1) is 16.5. The molecule has 10 heteroatoms. The van der Waals surface area contributed by atoms with Crippen LogP contribution in [0, 0.1) is 5.82 Å². The monoisotopic (exact) mass is 363 g/mol. The fraction of sp³-hybridized carbons (Fsp3) is 0.143. The van der Waals surface area contributed by atoms with Gasteiger partial charge in [-0.3, -0.25) is 0 Å². The van der Waals surface area contributed by atoms with E-state index in [1.54, 1.807) is 0 Å². The number of alkyl halides is 3. The highest BCUT2D eigenvalue weighted by atomic mass is 32.2. The summed E-state index contributed by atoms with van der Waals surface area (Å²) in [7, 11) is -4.12. The van der Waals surface area contributed by atoms with E-state index in [0.29, 0.717) is 0 Å². The lowest BCUT2D eigenvalue weighted by molar-refractivity contribution is -0.274. The zero-order valence-electron chi connectivity index (χ0n) is 11.7. The van der Waals surface area contributed by atoms with Crippen molar-refractivity contribution < 1.29 is 34.9 Å². The number of nitrogens with one attached hydrogen (secondary N) is 1. The van der Waals surface area contributed by atoms with Gasteiger partial charge >= 0.3 is 16.7 Å². The first-order chi connectivity index (χ1) is 11.1. The smallest absolute Gasteiger partial charge is 0.405 e. The van der Waals surface area contributed by atoms with Crippen molar-refractivity contribution in [2.24, 2.45) is 0 Å². The summed E-state index contributed by atoms with van der Waals surface area (Å²) < 4.78 is 85.3. The quantitative estimate of drug-likeness (QED) is 0.833. The van der Waals surface area contributed by atoms with Gasteiger partial charge in [-0.2, -0.15) is 13.1 Å². The van der Waals surface area contributed by atoms with E-state index in [4.69, 9.17) is 4.18 Å². The van der Waals surface area contributed by atoms with Gasteiger partial charge in [0.2, 0.25) is 0 Å². The standard InChI is InChI=1S/C14H9F4NO4S/c15-9-5-8-7-19-24(20,21)23-13(8)11(6-9)10-3-1-2-4-12(10)22-14(16,17)18/h1-6,19H,7H2. The number of ether oxygens (including phenoxy) is 1. The van der Waals surface area contributed by atoms with Crippen molar-refractivity contribution in [2.75, 3.05) is 0 Å². The molecule has 0 fully saturated rings. The average molecular weight is 363 g/mol. The molecule has 0 atom stereocenters. The maximum atomic E-state index is 13.8. The van der Waals surface area contributed by atoms with Gasteiger partial charge in [-0.25, -0.2) is 4.39 Å². The minimum absolute atomic E-state index is 0.150. The third kappa shape index (κ3) is 3.44. The molecule has 0 radical (unpaired) electrons. The summed E-state index contributed by atoms with van der Waals surface area (Å²) in [5.41, 5.74) is -0.153. The van der Waals surface area contributed by atoms with Crippen LogP contribution < -0.4 is 13.6 Å². The third-order valence-electron chi connectivity index (χ3n) is 3.17. The van der Waals surface area contributed by atoms with Crippen LogP contribution in [-0.2, 0) is 16.8 Å². The number of fused-ring (bicyclic) bond motifs is 1. The lowest BCUT2D eigenvalue weighted by Gasteiger charge is -2.22. The second-order valence-corrected chi connectivity index (χ2v) is 6.21. The molecule has 0 saturated heterocycles. The Kier molecular flexibility index (Phi) is 3.88. The number of rotatable bonds is 2. The number of para-hydroxylation sites is 1. The normalized spacial score (nSPS) is 16.2. The molecule has 24 heavy (non-hydrogen) atoms. The van der Waals surface area contributed by atoms with Gasteiger partial charge in [0, 0.05) is 23.2 Å². The topological polar surface area (TPSA) is 64.6 Å². The average Bonchev–Trinajstić information content (AvgIpc) is 2.45. The number of halogens is 4. The highest BCUT2D eigenvalue weighted by Crippen LogP contribution is 2.42. The van der Waals surface area contributed by atoms with Crippen molar-refractivity contribution in [1.29, 1.82) is 0 Å². The van der Waals surface area contributed by atoms with Crippen LogP contribution in [0.3, 0.4) is 0 Å². The fourth-order valence-corrected chi connectivity index (χ4v) is 3.10. The molecule has 1 N–H and O–H groups in total. The van der Waals surface area contributed by atoms with Crippen molar-refractivity contribution in [2.45, 2.75) is 12.9 Å². The van der Waals surface area contributed by atoms with Gasteiger partial charge in [0.15, 0.2) is 5.75 Å². The minimum atomic E-state index is -4.96. The molecule has 0 saturated carbocycles. The van der Waals surface area contributed by atoms with Crippen LogP contribution >= 0.6 is 0 Å². The van der Waals surface area contributed by atoms with Gasteiger partial charge in [-0.1, -0.05) is 18.2 Å². The first-order valence-corrected chi connectivity index (χ1v) is 7.92. The van der Waals surface area contributed by atoms with E-state index < -0.39 is 28.2 Å². The number of hydrogen-bond acceptors (Lipinski definition) is 4. The van der Waals surface area contributed by atoms with E-state index in [0.717, 1.165) is 18.2 Å². The van der Waals surface area contributed by atoms with Crippen LogP contribution in [0.2, 0.25) is 0 Å². The maximum Gasteiger partial charge on any atom is 0.573 e. The molecule has 0 aromatic heterocycles. The first-order valence-electron chi connectivity index (χ1n) is 6.51. The van der Waals surface area contributed by atoms with E-state index in [1.165, 1.54) is 18.2 Å². The molecule has 2 aromatic rings. The van der Waals surface area contributed by atoms with Crippen LogP contribution in [0.4, 0.5) is 17.6 Å². The molecule has 5 nitrogen and oxygen atoms in total. The van der Waals surface area contributed by atoms with Gasteiger partial charge in [-0.05, 0) is 18.2 Å². The second kappa shape index (κ2) is 5.64. The van der Waals surface area contributed by atoms with Crippen LogP contribution in [0.25, 0.3) is 11.1 Å². The molecule has 0 unspecified atom stereocenters. The predicted molar refractivity (Wildman–Crippen MR) is 74.9 cm³/mol. The Morgan fingerprint density at radius 2 is 1.83 bits per heavy atom. The fourth-order valence-electron chi connectivity index (χ4n) is 2.29. The van der Waals surface area contributed by atoms with Crippen molar-refractivity contribution in [3.63, 3.8) is 0 Å². The highest BCUT2D eigenvalue weighted by molar-refractivity contribution is 7.85. The van der Waals surface area contributed by atoms with Gasteiger partial charge in [-0.15, -0.1) is 13.2 Å². The molecule has 3 rings (SSSR count). The second-order valence-electron chi connectivity index (χ2n) is 4.84. The molecular weight excluding hydrogens is 354 g/mol. The summed E-state index contributed by atoms with van der Waals surface area (Å²) in [6.45, 7) is -0.245. The van der Waals surface area contributed by atoms with E-state index in [2.05, 4.69) is 4.74 Å². The molecule has 0 aliphatic carbocycles. The Labute approximate surface area is 134 Å². The molecule has 1 aliphatic heterocycles. The van der Waals surface area contributed by atoms with Crippen molar-refractivity contribution in [3.8, 4) is 22.6 Å². The lowest BCUT2D eigenvalue weighted by Crippen LogP contribution is -2.32. The summed E-state index contributed by atoms with van der Waals surface area (Å²) in [6, 6.07) is 6.91. The van der Waals surface area contributed by atoms with Crippen molar-refractivity contribution in [1.82, 2.24) is 4.72 Å². The van der Waals surface area contributed by atoms with E-state index >= 15 is 0 Å². The van der Waals surface area contributed by atoms with Crippen LogP contribution in [0.15, 0.2) is 36.4 Å². The zero-order valence-corrected chi connectivity index (χ0v) is 12.5. The van der Waals surface area contributed by atoms with Gasteiger partial charge in [0.1, 0.15) is 11.6 Å². The molecule has 0 spiro atoms. The Bertz CT molecular complexity index is 896. The van der Waals surface area contributed by atoms with E-state index in [1.807, 2.05) is 4.72 Å². The molecule has 1 aliphatic rings. The molecular formula is C14H9F4NO4S. The zero-order chi connectivity index (χ0) is 17.5. The summed E-state index contributed by atoms with van der Waals surface area (Å²) in [6.07, 6.45) is -4.96. The largest absolute Gasteiger partial charge is 0.573 e. The molecule has 128 valence electrons. The number of benzene rings is 2. The van der Waals surface area contributed by atoms with E-state index in [-0.39, 0.29) is 29.0 Å². The van der Waals surface area contributed by atoms with Crippen LogP contribution in [-0.4, -0.2) is 14.8 Å².